The molecule has 2 aliphatic rings. The average Bonchev–Trinajstić information content (AvgIpc) is 2.45. The van der Waals surface area contributed by atoms with Crippen molar-refractivity contribution in [1.29, 1.82) is 0 Å². The maximum atomic E-state index is 8.65. The van der Waals surface area contributed by atoms with Gasteiger partial charge in [0.15, 0.2) is 0 Å². The van der Waals surface area contributed by atoms with Gasteiger partial charge in [-0.05, 0) is 76.0 Å². The summed E-state index contributed by atoms with van der Waals surface area (Å²) in [5.41, 5.74) is 11.5. The Morgan fingerprint density at radius 2 is 0.900 bits per heavy atom. The Morgan fingerprint density at radius 1 is 0.600 bits per heavy atom. The lowest BCUT2D eigenvalue weighted by molar-refractivity contribution is 0.222. The van der Waals surface area contributed by atoms with E-state index in [9.17, 15) is 0 Å². The summed E-state index contributed by atoms with van der Waals surface area (Å²) < 4.78 is 0. The normalized spacial score (nSPS) is 34.2. The summed E-state index contributed by atoms with van der Waals surface area (Å²) in [5.74, 6) is 1.51. The Balaban J connectivity index is 0.000000200. The lowest BCUT2D eigenvalue weighted by Crippen LogP contribution is -2.26. The van der Waals surface area contributed by atoms with Crippen LogP contribution in [-0.2, 0) is 0 Å². The quantitative estimate of drug-likeness (QED) is 0.634. The van der Waals surface area contributed by atoms with E-state index in [0.717, 1.165) is 50.4 Å². The van der Waals surface area contributed by atoms with Gasteiger partial charge in [0.25, 0.3) is 0 Å². The number of hydrogen-bond donors (Lipinski definition) is 4. The van der Waals surface area contributed by atoms with Crippen LogP contribution in [0.2, 0.25) is 0 Å². The highest BCUT2D eigenvalue weighted by Crippen LogP contribution is 2.25. The Hall–Kier alpha value is -0.160. The number of aliphatic hydroxyl groups is 2. The Kier molecular flexibility index (Phi) is 9.44. The molecule has 0 radical (unpaired) electrons. The molecule has 0 atom stereocenters. The van der Waals surface area contributed by atoms with E-state index in [2.05, 4.69) is 0 Å². The van der Waals surface area contributed by atoms with E-state index < -0.39 is 0 Å². The van der Waals surface area contributed by atoms with Crippen molar-refractivity contribution in [2.75, 3.05) is 13.2 Å². The molecule has 2 aliphatic carbocycles. The Bertz CT molecular complexity index is 199. The van der Waals surface area contributed by atoms with Gasteiger partial charge in [0.2, 0.25) is 0 Å². The molecule has 0 amide bonds. The van der Waals surface area contributed by atoms with Gasteiger partial charge in [-0.3, -0.25) is 0 Å². The molecule has 0 aromatic heterocycles. The molecule has 0 saturated heterocycles. The largest absolute Gasteiger partial charge is 0.396 e. The van der Waals surface area contributed by atoms with E-state index in [0.29, 0.717) is 25.3 Å². The SMILES string of the molecule is NC1CCC(CCO)CC1.NC1CCC(CCO)CC1. The van der Waals surface area contributed by atoms with Crippen molar-refractivity contribution in [2.24, 2.45) is 23.3 Å². The van der Waals surface area contributed by atoms with E-state index in [-0.39, 0.29) is 0 Å². The van der Waals surface area contributed by atoms with Gasteiger partial charge in [0.05, 0.1) is 0 Å². The van der Waals surface area contributed by atoms with Crippen LogP contribution >= 0.6 is 0 Å². The minimum atomic E-state index is 0.347. The molecule has 0 spiro atoms. The highest BCUT2D eigenvalue weighted by atomic mass is 16.3. The van der Waals surface area contributed by atoms with Crippen molar-refractivity contribution in [3.8, 4) is 0 Å². The van der Waals surface area contributed by atoms with Crippen LogP contribution in [0.5, 0.6) is 0 Å². The van der Waals surface area contributed by atoms with E-state index >= 15 is 0 Å². The fraction of sp³-hybridized carbons (Fsp3) is 1.00. The maximum Gasteiger partial charge on any atom is 0.0433 e. The monoisotopic (exact) mass is 286 g/mol. The fourth-order valence-electron chi connectivity index (χ4n) is 3.32. The smallest absolute Gasteiger partial charge is 0.0433 e. The van der Waals surface area contributed by atoms with Gasteiger partial charge < -0.3 is 21.7 Å². The third-order valence-corrected chi connectivity index (χ3v) is 4.86. The van der Waals surface area contributed by atoms with Crippen molar-refractivity contribution in [3.63, 3.8) is 0 Å². The summed E-state index contributed by atoms with van der Waals surface area (Å²) >= 11 is 0. The zero-order chi connectivity index (χ0) is 14.8. The first-order valence-electron chi connectivity index (χ1n) is 8.38. The first-order valence-corrected chi connectivity index (χ1v) is 8.38. The molecule has 4 nitrogen and oxygen atoms in total. The van der Waals surface area contributed by atoms with Crippen LogP contribution in [0.1, 0.15) is 64.2 Å². The van der Waals surface area contributed by atoms with E-state index in [4.69, 9.17) is 21.7 Å². The van der Waals surface area contributed by atoms with Crippen LogP contribution in [0, 0.1) is 11.8 Å². The number of hydrogen-bond acceptors (Lipinski definition) is 4. The Morgan fingerprint density at radius 3 is 1.15 bits per heavy atom. The first-order chi connectivity index (χ1) is 9.65. The van der Waals surface area contributed by atoms with Gasteiger partial charge in [0, 0.05) is 25.3 Å². The maximum absolute atomic E-state index is 8.65. The molecule has 0 aliphatic heterocycles. The molecular weight excluding hydrogens is 252 g/mol. The predicted molar refractivity (Wildman–Crippen MR) is 83.3 cm³/mol. The summed E-state index contributed by atoms with van der Waals surface area (Å²) in [6, 6.07) is 0.880. The van der Waals surface area contributed by atoms with Gasteiger partial charge in [-0.25, -0.2) is 0 Å². The highest BCUT2D eigenvalue weighted by Gasteiger charge is 2.18. The second kappa shape index (κ2) is 10.6. The van der Waals surface area contributed by atoms with Crippen LogP contribution < -0.4 is 11.5 Å². The van der Waals surface area contributed by atoms with Crippen molar-refractivity contribution < 1.29 is 10.2 Å². The fourth-order valence-corrected chi connectivity index (χ4v) is 3.32. The van der Waals surface area contributed by atoms with Gasteiger partial charge in [-0.1, -0.05) is 0 Å². The van der Waals surface area contributed by atoms with Crippen LogP contribution in [0.25, 0.3) is 0 Å². The molecule has 0 aromatic carbocycles. The number of nitrogens with two attached hydrogens (primary N) is 2. The summed E-state index contributed by atoms with van der Waals surface area (Å²) in [4.78, 5) is 0. The minimum Gasteiger partial charge on any atom is -0.396 e. The topological polar surface area (TPSA) is 92.5 Å². The molecular formula is C16H34N2O2. The molecule has 120 valence electrons. The molecule has 2 saturated carbocycles. The van der Waals surface area contributed by atoms with Gasteiger partial charge in [0.1, 0.15) is 0 Å². The second-order valence-corrected chi connectivity index (χ2v) is 6.59. The summed E-state index contributed by atoms with van der Waals surface area (Å²) in [6.45, 7) is 0.694. The standard InChI is InChI=1S/2C8H17NO/c2*9-8-3-1-7(2-4-8)5-6-10/h2*7-8,10H,1-6,9H2. The molecule has 0 heterocycles. The summed E-state index contributed by atoms with van der Waals surface area (Å²) in [5, 5.41) is 17.3. The summed E-state index contributed by atoms with van der Waals surface area (Å²) in [6.07, 6.45) is 11.5. The molecule has 4 heteroatoms. The first kappa shape index (κ1) is 17.9. The van der Waals surface area contributed by atoms with Gasteiger partial charge in [-0.2, -0.15) is 0 Å². The summed E-state index contributed by atoms with van der Waals surface area (Å²) in [7, 11) is 0. The van der Waals surface area contributed by atoms with Gasteiger partial charge in [-0.15, -0.1) is 0 Å². The van der Waals surface area contributed by atoms with Crippen molar-refractivity contribution in [2.45, 2.75) is 76.3 Å². The number of rotatable bonds is 4. The van der Waals surface area contributed by atoms with Crippen molar-refractivity contribution in [3.05, 3.63) is 0 Å². The van der Waals surface area contributed by atoms with E-state index in [1.807, 2.05) is 0 Å². The van der Waals surface area contributed by atoms with Gasteiger partial charge >= 0.3 is 0 Å². The van der Waals surface area contributed by atoms with E-state index in [1.165, 1.54) is 25.7 Å². The third-order valence-electron chi connectivity index (χ3n) is 4.86. The van der Waals surface area contributed by atoms with E-state index in [1.54, 1.807) is 0 Å². The van der Waals surface area contributed by atoms with Crippen molar-refractivity contribution >= 4 is 0 Å². The molecule has 20 heavy (non-hydrogen) atoms. The zero-order valence-electron chi connectivity index (χ0n) is 12.8. The number of aliphatic hydroxyl groups excluding tert-OH is 2. The molecule has 0 unspecified atom stereocenters. The lowest BCUT2D eigenvalue weighted by Gasteiger charge is -2.25. The molecule has 2 fully saturated rings. The lowest BCUT2D eigenvalue weighted by atomic mass is 9.85. The molecule has 6 N–H and O–H groups in total. The molecule has 2 rings (SSSR count). The highest BCUT2D eigenvalue weighted by molar-refractivity contribution is 4.74. The predicted octanol–water partition coefficient (Wildman–Crippen LogP) is 1.77. The van der Waals surface area contributed by atoms with Crippen molar-refractivity contribution in [1.82, 2.24) is 0 Å². The second-order valence-electron chi connectivity index (χ2n) is 6.59. The molecule has 0 bridgehead atoms. The van der Waals surface area contributed by atoms with Crippen LogP contribution in [0.4, 0.5) is 0 Å². The average molecular weight is 286 g/mol. The third kappa shape index (κ3) is 7.58. The van der Waals surface area contributed by atoms with Crippen LogP contribution in [0.3, 0.4) is 0 Å². The minimum absolute atomic E-state index is 0.347. The zero-order valence-corrected chi connectivity index (χ0v) is 12.8. The molecule has 0 aromatic rings. The van der Waals surface area contributed by atoms with Crippen LogP contribution in [-0.4, -0.2) is 35.5 Å². The van der Waals surface area contributed by atoms with Crippen LogP contribution in [0.15, 0.2) is 0 Å². The Labute approximate surface area is 123 Å².